The van der Waals surface area contributed by atoms with Crippen LogP contribution in [0.4, 0.5) is 0 Å². The fourth-order valence-electron chi connectivity index (χ4n) is 5.11. The summed E-state index contributed by atoms with van der Waals surface area (Å²) in [6.45, 7) is 0. The lowest BCUT2D eigenvalue weighted by molar-refractivity contribution is -0.140. The molecule has 1 saturated heterocycles. The minimum absolute atomic E-state index is 0.151. The van der Waals surface area contributed by atoms with Gasteiger partial charge in [0.1, 0.15) is 0 Å². The van der Waals surface area contributed by atoms with Gasteiger partial charge in [-0.1, -0.05) is 12.2 Å². The fourth-order valence-corrected chi connectivity index (χ4v) is 5.11. The third-order valence-electron chi connectivity index (χ3n) is 6.37. The van der Waals surface area contributed by atoms with Crippen molar-refractivity contribution in [2.75, 3.05) is 14.2 Å². The summed E-state index contributed by atoms with van der Waals surface area (Å²) in [7, 11) is 3.13. The number of imide groups is 1. The summed E-state index contributed by atoms with van der Waals surface area (Å²) in [5, 5.41) is 5.32. The Balaban J connectivity index is 1.41. The van der Waals surface area contributed by atoms with Crippen molar-refractivity contribution in [1.29, 1.82) is 0 Å². The van der Waals surface area contributed by atoms with E-state index in [0.717, 1.165) is 17.0 Å². The van der Waals surface area contributed by atoms with E-state index >= 15 is 0 Å². The Hall–Kier alpha value is -2.63. The van der Waals surface area contributed by atoms with E-state index in [9.17, 15) is 9.59 Å². The topological polar surface area (TPSA) is 68.2 Å². The molecule has 0 spiro atoms. The summed E-state index contributed by atoms with van der Waals surface area (Å²) >= 11 is 0. The van der Waals surface area contributed by atoms with Gasteiger partial charge in [0, 0.05) is 0 Å². The van der Waals surface area contributed by atoms with Crippen LogP contribution in [0.25, 0.3) is 0 Å². The van der Waals surface area contributed by atoms with Gasteiger partial charge in [-0.25, -0.2) is 0 Å². The zero-order valence-electron chi connectivity index (χ0n) is 14.7. The van der Waals surface area contributed by atoms with Crippen LogP contribution in [0.3, 0.4) is 0 Å². The monoisotopic (exact) mass is 352 g/mol. The normalized spacial score (nSPS) is 36.5. The number of hydrazone groups is 1. The molecule has 2 saturated carbocycles. The molecule has 6 heteroatoms. The second kappa shape index (κ2) is 5.43. The van der Waals surface area contributed by atoms with Crippen molar-refractivity contribution < 1.29 is 19.1 Å². The number of nitrogens with zero attached hydrogens (tertiary/aromatic N) is 2. The lowest BCUT2D eigenvalue weighted by Crippen LogP contribution is -2.40. The first-order chi connectivity index (χ1) is 12.6. The lowest BCUT2D eigenvalue weighted by Gasteiger charge is -2.37. The molecule has 5 aliphatic rings. The smallest absolute Gasteiger partial charge is 0.254 e. The lowest BCUT2D eigenvalue weighted by atomic mass is 9.63. The summed E-state index contributed by atoms with van der Waals surface area (Å²) in [6.07, 6.45) is 7.01. The van der Waals surface area contributed by atoms with Crippen LogP contribution in [0.15, 0.2) is 35.5 Å². The Morgan fingerprint density at radius 1 is 1.00 bits per heavy atom. The van der Waals surface area contributed by atoms with Gasteiger partial charge in [-0.2, -0.15) is 10.1 Å². The van der Waals surface area contributed by atoms with Crippen molar-refractivity contribution in [2.45, 2.75) is 6.42 Å². The molecule has 134 valence electrons. The molecule has 3 fully saturated rings. The van der Waals surface area contributed by atoms with E-state index in [1.807, 2.05) is 6.07 Å². The summed E-state index contributed by atoms with van der Waals surface area (Å²) in [4.78, 5) is 25.7. The standard InChI is InChI=1S/C20H20N2O4/c1-25-15-6-3-10(7-16(15)26-2)9-21-22-19(23)17-11-4-5-12(14-8-13(11)14)18(17)20(22)24/h3-7,9,11-14,17-18H,8H2,1-2H3/b21-9+/t11-,12-,13-,14-,17-,18+/m1/s1. The first kappa shape index (κ1) is 15.6. The molecular formula is C20H20N2O4. The van der Waals surface area contributed by atoms with Gasteiger partial charge in [-0.05, 0) is 53.9 Å². The van der Waals surface area contributed by atoms with Gasteiger partial charge in [0.15, 0.2) is 11.5 Å². The number of benzene rings is 1. The molecule has 1 aliphatic heterocycles. The van der Waals surface area contributed by atoms with E-state index in [-0.39, 0.29) is 35.5 Å². The van der Waals surface area contributed by atoms with Gasteiger partial charge < -0.3 is 9.47 Å². The maximum atomic E-state index is 12.9. The summed E-state index contributed by atoms with van der Waals surface area (Å²) in [6, 6.07) is 5.34. The van der Waals surface area contributed by atoms with Crippen LogP contribution in [0.1, 0.15) is 12.0 Å². The highest BCUT2D eigenvalue weighted by atomic mass is 16.5. The quantitative estimate of drug-likeness (QED) is 0.473. The van der Waals surface area contributed by atoms with Crippen LogP contribution in [-0.2, 0) is 9.59 Å². The van der Waals surface area contributed by atoms with E-state index in [1.165, 1.54) is 6.21 Å². The molecule has 2 amide bonds. The minimum atomic E-state index is -0.219. The van der Waals surface area contributed by atoms with Crippen LogP contribution in [0.5, 0.6) is 11.5 Å². The Kier molecular flexibility index (Phi) is 3.26. The van der Waals surface area contributed by atoms with Crippen molar-refractivity contribution in [3.8, 4) is 11.5 Å². The van der Waals surface area contributed by atoms with Crippen molar-refractivity contribution in [2.24, 2.45) is 40.6 Å². The fraction of sp³-hybridized carbons (Fsp3) is 0.450. The molecule has 1 aromatic carbocycles. The highest BCUT2D eigenvalue weighted by molar-refractivity contribution is 6.06. The van der Waals surface area contributed by atoms with Crippen LogP contribution < -0.4 is 9.47 Å². The Morgan fingerprint density at radius 2 is 1.62 bits per heavy atom. The van der Waals surface area contributed by atoms with Gasteiger partial charge >= 0.3 is 0 Å². The Labute approximate surface area is 151 Å². The van der Waals surface area contributed by atoms with Gasteiger partial charge in [-0.3, -0.25) is 9.59 Å². The maximum Gasteiger partial charge on any atom is 0.254 e. The number of amides is 2. The zero-order valence-corrected chi connectivity index (χ0v) is 14.7. The van der Waals surface area contributed by atoms with Crippen LogP contribution in [-0.4, -0.2) is 37.3 Å². The molecule has 6 atom stereocenters. The van der Waals surface area contributed by atoms with Crippen molar-refractivity contribution >= 4 is 18.0 Å². The molecule has 0 aromatic heterocycles. The largest absolute Gasteiger partial charge is 0.493 e. The SMILES string of the molecule is COc1ccc(/C=N/N2C(=O)[C@@H]3[C@@H]4C=C[C@H]([C@H]5C[C@H]45)[C@@H]3C2=O)cc1OC. The molecule has 26 heavy (non-hydrogen) atoms. The third-order valence-corrected chi connectivity index (χ3v) is 6.37. The van der Waals surface area contributed by atoms with Crippen LogP contribution in [0.2, 0.25) is 0 Å². The van der Waals surface area contributed by atoms with E-state index in [0.29, 0.717) is 23.3 Å². The molecule has 1 aromatic rings. The van der Waals surface area contributed by atoms with Crippen molar-refractivity contribution in [3.05, 3.63) is 35.9 Å². The molecule has 6 nitrogen and oxygen atoms in total. The average molecular weight is 352 g/mol. The highest BCUT2D eigenvalue weighted by Gasteiger charge is 2.67. The Morgan fingerprint density at radius 3 is 2.19 bits per heavy atom. The molecule has 2 bridgehead atoms. The van der Waals surface area contributed by atoms with Crippen LogP contribution >= 0.6 is 0 Å². The molecular weight excluding hydrogens is 332 g/mol. The van der Waals surface area contributed by atoms with Crippen molar-refractivity contribution in [3.63, 3.8) is 0 Å². The number of rotatable bonds is 4. The maximum absolute atomic E-state index is 12.9. The highest BCUT2D eigenvalue weighted by Crippen LogP contribution is 2.65. The van der Waals surface area contributed by atoms with E-state index < -0.39 is 0 Å². The third kappa shape index (κ3) is 2.01. The van der Waals surface area contributed by atoms with Crippen LogP contribution in [0, 0.1) is 35.5 Å². The summed E-state index contributed by atoms with van der Waals surface area (Å²) in [5.74, 6) is 2.07. The second-order valence-corrected chi connectivity index (χ2v) is 7.50. The van der Waals surface area contributed by atoms with E-state index in [1.54, 1.807) is 26.4 Å². The van der Waals surface area contributed by atoms with Gasteiger partial charge in [-0.15, -0.1) is 0 Å². The first-order valence-corrected chi connectivity index (χ1v) is 8.96. The molecule has 6 rings (SSSR count). The second-order valence-electron chi connectivity index (χ2n) is 7.50. The molecule has 4 aliphatic carbocycles. The van der Waals surface area contributed by atoms with E-state index in [4.69, 9.17) is 9.47 Å². The Bertz CT molecular complexity index is 825. The van der Waals surface area contributed by atoms with Gasteiger partial charge in [0.05, 0.1) is 32.3 Å². The number of carbonyl (C=O) groups excluding carboxylic acids is 2. The number of hydrogen-bond donors (Lipinski definition) is 0. The number of ether oxygens (including phenoxy) is 2. The molecule has 0 radical (unpaired) electrons. The molecule has 1 heterocycles. The number of allylic oxidation sites excluding steroid dienone is 2. The van der Waals surface area contributed by atoms with Gasteiger partial charge in [0.2, 0.25) is 0 Å². The number of hydrogen-bond acceptors (Lipinski definition) is 5. The van der Waals surface area contributed by atoms with E-state index in [2.05, 4.69) is 17.3 Å². The van der Waals surface area contributed by atoms with Crippen molar-refractivity contribution in [1.82, 2.24) is 5.01 Å². The predicted octanol–water partition coefficient (Wildman–Crippen LogP) is 2.09. The number of carbonyl (C=O) groups is 2. The number of methoxy groups -OCH3 is 2. The average Bonchev–Trinajstić information content (AvgIpc) is 3.45. The molecule has 0 N–H and O–H groups in total. The molecule has 0 unspecified atom stereocenters. The summed E-state index contributed by atoms with van der Waals surface area (Å²) in [5.41, 5.74) is 0.738. The minimum Gasteiger partial charge on any atom is -0.493 e. The predicted molar refractivity (Wildman–Crippen MR) is 93.7 cm³/mol. The zero-order chi connectivity index (χ0) is 18.0. The first-order valence-electron chi connectivity index (χ1n) is 8.96. The van der Waals surface area contributed by atoms with Gasteiger partial charge in [0.25, 0.3) is 11.8 Å². The summed E-state index contributed by atoms with van der Waals surface area (Å²) < 4.78 is 10.5.